The molecule has 0 aliphatic carbocycles. The summed E-state index contributed by atoms with van der Waals surface area (Å²) in [5.41, 5.74) is -1.07. The van der Waals surface area contributed by atoms with Crippen LogP contribution in [-0.4, -0.2) is 30.1 Å². The largest absolute Gasteiger partial charge is 0.481 e. The number of nitrogens with one attached hydrogen (secondary N) is 1. The number of aliphatic carboxylic acids is 1. The van der Waals surface area contributed by atoms with Gasteiger partial charge in [0.05, 0.1) is 5.41 Å². The van der Waals surface area contributed by atoms with Crippen LogP contribution in [0.5, 0.6) is 5.75 Å². The summed E-state index contributed by atoms with van der Waals surface area (Å²) in [6.07, 6.45) is 0. The predicted molar refractivity (Wildman–Crippen MR) is 74.0 cm³/mol. The Morgan fingerprint density at radius 1 is 1.45 bits per heavy atom. The Balaban J connectivity index is 2.46. The fourth-order valence-electron chi connectivity index (χ4n) is 1.18. The third kappa shape index (κ3) is 4.80. The molecular weight excluding hydrogens is 333 g/mol. The summed E-state index contributed by atoms with van der Waals surface area (Å²) < 4.78 is 19.0. The minimum absolute atomic E-state index is 0.0344. The van der Waals surface area contributed by atoms with E-state index < -0.39 is 23.1 Å². The van der Waals surface area contributed by atoms with Crippen LogP contribution in [0.2, 0.25) is 0 Å². The predicted octanol–water partition coefficient (Wildman–Crippen LogP) is 2.19. The Kier molecular flexibility index (Phi) is 5.50. The van der Waals surface area contributed by atoms with E-state index in [0.717, 1.165) is 0 Å². The van der Waals surface area contributed by atoms with Crippen LogP contribution in [0.4, 0.5) is 4.39 Å². The summed E-state index contributed by atoms with van der Waals surface area (Å²) in [6, 6.07) is 4.21. The summed E-state index contributed by atoms with van der Waals surface area (Å²) in [7, 11) is 0. The molecule has 20 heavy (non-hydrogen) atoms. The number of rotatable bonds is 6. The first-order valence-electron chi connectivity index (χ1n) is 5.80. The van der Waals surface area contributed by atoms with Crippen molar-refractivity contribution in [1.29, 1.82) is 0 Å². The quantitative estimate of drug-likeness (QED) is 0.827. The molecule has 0 saturated carbocycles. The molecule has 0 aliphatic heterocycles. The zero-order chi connectivity index (χ0) is 15.3. The van der Waals surface area contributed by atoms with E-state index in [9.17, 15) is 14.0 Å². The molecule has 1 amide bonds. The molecule has 110 valence electrons. The number of carbonyl (C=O) groups is 2. The molecule has 5 nitrogen and oxygen atoms in total. The maximum absolute atomic E-state index is 13.4. The minimum Gasteiger partial charge on any atom is -0.481 e. The number of carbonyl (C=O) groups excluding carboxylic acids is 1. The summed E-state index contributed by atoms with van der Waals surface area (Å²) in [6.45, 7) is 2.57. The van der Waals surface area contributed by atoms with Crippen LogP contribution < -0.4 is 10.1 Å². The molecule has 0 atom stereocenters. The lowest BCUT2D eigenvalue weighted by atomic mass is 9.94. The maximum atomic E-state index is 13.4. The van der Waals surface area contributed by atoms with E-state index in [4.69, 9.17) is 9.84 Å². The zero-order valence-electron chi connectivity index (χ0n) is 11.1. The summed E-state index contributed by atoms with van der Waals surface area (Å²) in [5.74, 6) is -2.15. The average Bonchev–Trinajstić information content (AvgIpc) is 2.35. The van der Waals surface area contributed by atoms with Gasteiger partial charge in [0.1, 0.15) is 0 Å². The van der Waals surface area contributed by atoms with E-state index in [0.29, 0.717) is 4.47 Å². The van der Waals surface area contributed by atoms with Gasteiger partial charge < -0.3 is 15.2 Å². The third-order valence-corrected chi connectivity index (χ3v) is 3.05. The molecule has 0 aromatic heterocycles. The van der Waals surface area contributed by atoms with Crippen LogP contribution in [0.1, 0.15) is 13.8 Å². The van der Waals surface area contributed by atoms with E-state index in [1.54, 1.807) is 6.07 Å². The number of hydrogen-bond donors (Lipinski definition) is 2. The molecule has 0 aliphatic rings. The van der Waals surface area contributed by atoms with Crippen LogP contribution in [0.3, 0.4) is 0 Å². The monoisotopic (exact) mass is 347 g/mol. The van der Waals surface area contributed by atoms with Gasteiger partial charge in [0.2, 0.25) is 0 Å². The Morgan fingerprint density at radius 3 is 2.65 bits per heavy atom. The normalized spacial score (nSPS) is 11.0. The van der Waals surface area contributed by atoms with Gasteiger partial charge in [-0.2, -0.15) is 0 Å². The van der Waals surface area contributed by atoms with E-state index >= 15 is 0 Å². The van der Waals surface area contributed by atoms with E-state index in [-0.39, 0.29) is 18.9 Å². The van der Waals surface area contributed by atoms with E-state index in [1.165, 1.54) is 26.0 Å². The minimum atomic E-state index is -1.07. The molecule has 1 aromatic carbocycles. The fraction of sp³-hybridized carbons (Fsp3) is 0.385. The molecule has 7 heteroatoms. The molecule has 0 fully saturated rings. The van der Waals surface area contributed by atoms with Gasteiger partial charge in [-0.15, -0.1) is 0 Å². The summed E-state index contributed by atoms with van der Waals surface area (Å²) >= 11 is 3.11. The maximum Gasteiger partial charge on any atom is 0.310 e. The lowest BCUT2D eigenvalue weighted by Gasteiger charge is -2.19. The highest BCUT2D eigenvalue weighted by Crippen LogP contribution is 2.21. The van der Waals surface area contributed by atoms with E-state index in [2.05, 4.69) is 21.2 Å². The van der Waals surface area contributed by atoms with Crippen LogP contribution in [0.15, 0.2) is 22.7 Å². The van der Waals surface area contributed by atoms with Crippen molar-refractivity contribution in [3.8, 4) is 5.75 Å². The topological polar surface area (TPSA) is 75.6 Å². The van der Waals surface area contributed by atoms with Gasteiger partial charge in [-0.05, 0) is 32.0 Å². The second-order valence-electron chi connectivity index (χ2n) is 4.83. The average molecular weight is 348 g/mol. The number of carboxylic acids is 1. The second kappa shape index (κ2) is 6.69. The molecular formula is C13H15BrFNO4. The number of carboxylic acid groups (broad SMARTS) is 1. The first-order chi connectivity index (χ1) is 9.22. The molecule has 0 heterocycles. The van der Waals surface area contributed by atoms with Crippen LogP contribution in [0.25, 0.3) is 0 Å². The highest BCUT2D eigenvalue weighted by atomic mass is 79.9. The van der Waals surface area contributed by atoms with Gasteiger partial charge in [0, 0.05) is 11.0 Å². The molecule has 0 saturated heterocycles. The molecule has 1 aromatic rings. The Labute approximate surface area is 124 Å². The molecule has 0 bridgehead atoms. The van der Waals surface area contributed by atoms with Crippen molar-refractivity contribution in [2.24, 2.45) is 5.41 Å². The van der Waals surface area contributed by atoms with Crippen molar-refractivity contribution in [2.45, 2.75) is 13.8 Å². The van der Waals surface area contributed by atoms with Gasteiger partial charge in [-0.1, -0.05) is 15.9 Å². The summed E-state index contributed by atoms with van der Waals surface area (Å²) in [4.78, 5) is 22.4. The van der Waals surface area contributed by atoms with Crippen molar-refractivity contribution >= 4 is 27.8 Å². The Hall–Kier alpha value is -1.63. The Bertz CT molecular complexity index is 519. The highest BCUT2D eigenvalue weighted by Gasteiger charge is 2.27. The first kappa shape index (κ1) is 16.4. The van der Waals surface area contributed by atoms with Crippen molar-refractivity contribution in [2.75, 3.05) is 13.2 Å². The van der Waals surface area contributed by atoms with Gasteiger partial charge in [0.15, 0.2) is 18.2 Å². The van der Waals surface area contributed by atoms with Crippen LogP contribution in [-0.2, 0) is 9.59 Å². The molecule has 1 rings (SSSR count). The van der Waals surface area contributed by atoms with Crippen molar-refractivity contribution in [1.82, 2.24) is 5.32 Å². The number of hydrogen-bond acceptors (Lipinski definition) is 3. The number of benzene rings is 1. The smallest absolute Gasteiger partial charge is 0.310 e. The molecule has 0 unspecified atom stereocenters. The van der Waals surface area contributed by atoms with Crippen molar-refractivity contribution < 1.29 is 23.8 Å². The summed E-state index contributed by atoms with van der Waals surface area (Å²) in [5, 5.41) is 11.3. The lowest BCUT2D eigenvalue weighted by Crippen LogP contribution is -2.40. The van der Waals surface area contributed by atoms with Crippen LogP contribution in [0, 0.1) is 11.2 Å². The van der Waals surface area contributed by atoms with Crippen molar-refractivity contribution in [3.63, 3.8) is 0 Å². The lowest BCUT2D eigenvalue weighted by molar-refractivity contribution is -0.146. The fourth-order valence-corrected chi connectivity index (χ4v) is 1.51. The highest BCUT2D eigenvalue weighted by molar-refractivity contribution is 9.10. The number of amides is 1. The van der Waals surface area contributed by atoms with Gasteiger partial charge >= 0.3 is 5.97 Å². The van der Waals surface area contributed by atoms with Crippen LogP contribution >= 0.6 is 15.9 Å². The van der Waals surface area contributed by atoms with Gasteiger partial charge in [-0.3, -0.25) is 9.59 Å². The van der Waals surface area contributed by atoms with E-state index in [1.807, 2.05) is 0 Å². The molecule has 2 N–H and O–H groups in total. The van der Waals surface area contributed by atoms with Crippen molar-refractivity contribution in [3.05, 3.63) is 28.5 Å². The third-order valence-electron chi connectivity index (χ3n) is 2.56. The number of halogens is 2. The van der Waals surface area contributed by atoms with Gasteiger partial charge in [0.25, 0.3) is 5.91 Å². The molecule has 0 spiro atoms. The molecule has 0 radical (unpaired) electrons. The SMILES string of the molecule is CC(C)(CNC(=O)COc1ccc(Br)cc1F)C(=O)O. The first-order valence-corrected chi connectivity index (χ1v) is 6.59. The Morgan fingerprint density at radius 2 is 2.10 bits per heavy atom. The van der Waals surface area contributed by atoms with Gasteiger partial charge in [-0.25, -0.2) is 4.39 Å². The second-order valence-corrected chi connectivity index (χ2v) is 5.74. The zero-order valence-corrected chi connectivity index (χ0v) is 12.7. The standard InChI is InChI=1S/C13H15BrFNO4/c1-13(2,12(18)19)7-16-11(17)6-20-10-4-3-8(14)5-9(10)15/h3-5H,6-7H2,1-2H3,(H,16,17)(H,18,19). The number of ether oxygens (including phenoxy) is 1.